The van der Waals surface area contributed by atoms with E-state index in [0.29, 0.717) is 18.0 Å². The number of nitrogens with zero attached hydrogens (tertiary/aromatic N) is 1. The van der Waals surface area contributed by atoms with Crippen molar-refractivity contribution in [3.8, 4) is 0 Å². The molecule has 104 valence electrons. The molecule has 19 heavy (non-hydrogen) atoms. The van der Waals surface area contributed by atoms with Crippen molar-refractivity contribution in [2.24, 2.45) is 5.92 Å². The molecular formula is C15H20FNO2. The highest BCUT2D eigenvalue weighted by Gasteiger charge is 2.24. The lowest BCUT2D eigenvalue weighted by Gasteiger charge is -2.32. The molecule has 1 heterocycles. The van der Waals surface area contributed by atoms with Crippen LogP contribution in [0.15, 0.2) is 18.2 Å². The number of hydrogen-bond acceptors (Lipinski definition) is 2. The van der Waals surface area contributed by atoms with Gasteiger partial charge in [-0.05, 0) is 55.9 Å². The van der Waals surface area contributed by atoms with Crippen molar-refractivity contribution in [3.63, 3.8) is 0 Å². The summed E-state index contributed by atoms with van der Waals surface area (Å²) < 4.78 is 13.3. The first-order chi connectivity index (χ1) is 9.10. The van der Waals surface area contributed by atoms with Gasteiger partial charge in [0.1, 0.15) is 5.82 Å². The molecule has 1 N–H and O–H groups in total. The van der Waals surface area contributed by atoms with E-state index in [9.17, 15) is 9.18 Å². The van der Waals surface area contributed by atoms with E-state index in [-0.39, 0.29) is 18.3 Å². The Morgan fingerprint density at radius 1 is 1.47 bits per heavy atom. The number of benzene rings is 1. The van der Waals surface area contributed by atoms with Gasteiger partial charge in [0.25, 0.3) is 5.91 Å². The van der Waals surface area contributed by atoms with Crippen molar-refractivity contribution in [2.75, 3.05) is 19.7 Å². The molecule has 1 fully saturated rings. The molecule has 2 rings (SSSR count). The summed E-state index contributed by atoms with van der Waals surface area (Å²) in [5, 5.41) is 8.98. The summed E-state index contributed by atoms with van der Waals surface area (Å²) in [6.45, 7) is 3.32. The Hall–Kier alpha value is -1.42. The number of hydrogen-bond donors (Lipinski definition) is 1. The molecular weight excluding hydrogens is 245 g/mol. The lowest BCUT2D eigenvalue weighted by Crippen LogP contribution is -2.40. The fraction of sp³-hybridized carbons (Fsp3) is 0.533. The van der Waals surface area contributed by atoms with Crippen LogP contribution in [0.4, 0.5) is 4.39 Å². The first-order valence-corrected chi connectivity index (χ1v) is 6.77. The summed E-state index contributed by atoms with van der Waals surface area (Å²) in [7, 11) is 0. The zero-order valence-electron chi connectivity index (χ0n) is 11.2. The minimum atomic E-state index is -0.368. The van der Waals surface area contributed by atoms with Crippen LogP contribution in [0.2, 0.25) is 0 Å². The number of likely N-dealkylation sites (tertiary alicyclic amines) is 1. The fourth-order valence-corrected chi connectivity index (χ4v) is 2.71. The van der Waals surface area contributed by atoms with Crippen molar-refractivity contribution in [1.82, 2.24) is 4.90 Å². The standard InChI is InChI=1S/C15H20FNO2/c1-11-7-13(9-14(16)8-11)15(19)17-5-2-3-12(10-17)4-6-18/h7-9,12,18H,2-6,10H2,1H3. The van der Waals surface area contributed by atoms with E-state index in [1.54, 1.807) is 17.9 Å². The smallest absolute Gasteiger partial charge is 0.253 e. The molecule has 0 bridgehead atoms. The number of carbonyl (C=O) groups excluding carboxylic acids is 1. The van der Waals surface area contributed by atoms with Gasteiger partial charge in [0.2, 0.25) is 0 Å². The van der Waals surface area contributed by atoms with Gasteiger partial charge >= 0.3 is 0 Å². The number of rotatable bonds is 3. The van der Waals surface area contributed by atoms with E-state index < -0.39 is 0 Å². The molecule has 0 radical (unpaired) electrons. The number of amides is 1. The topological polar surface area (TPSA) is 40.5 Å². The Bertz CT molecular complexity index is 439. The SMILES string of the molecule is Cc1cc(F)cc(C(=O)N2CCCC(CCO)C2)c1. The zero-order chi connectivity index (χ0) is 13.8. The van der Waals surface area contributed by atoms with Crippen LogP contribution in [0, 0.1) is 18.7 Å². The highest BCUT2D eigenvalue weighted by Crippen LogP contribution is 2.21. The second kappa shape index (κ2) is 6.15. The van der Waals surface area contributed by atoms with Gasteiger partial charge < -0.3 is 10.0 Å². The number of aryl methyl sites for hydroxylation is 1. The molecule has 1 saturated heterocycles. The number of halogens is 1. The van der Waals surface area contributed by atoms with Crippen molar-refractivity contribution in [3.05, 3.63) is 35.1 Å². The Balaban J connectivity index is 2.10. The first-order valence-electron chi connectivity index (χ1n) is 6.77. The predicted octanol–water partition coefficient (Wildman–Crippen LogP) is 2.37. The summed E-state index contributed by atoms with van der Waals surface area (Å²) >= 11 is 0. The molecule has 0 aliphatic carbocycles. The predicted molar refractivity (Wildman–Crippen MR) is 71.5 cm³/mol. The van der Waals surface area contributed by atoms with E-state index >= 15 is 0 Å². The third-order valence-electron chi connectivity index (χ3n) is 3.63. The molecule has 1 aromatic rings. The Morgan fingerprint density at radius 3 is 2.95 bits per heavy atom. The van der Waals surface area contributed by atoms with E-state index in [1.807, 2.05) is 0 Å². The molecule has 0 saturated carbocycles. The fourth-order valence-electron chi connectivity index (χ4n) is 2.71. The molecule has 3 nitrogen and oxygen atoms in total. The van der Waals surface area contributed by atoms with E-state index in [1.165, 1.54) is 12.1 Å². The summed E-state index contributed by atoms with van der Waals surface area (Å²) in [6, 6.07) is 4.44. The van der Waals surface area contributed by atoms with Crippen LogP contribution in [0.1, 0.15) is 35.2 Å². The minimum absolute atomic E-state index is 0.106. The van der Waals surface area contributed by atoms with Crippen LogP contribution in [-0.2, 0) is 0 Å². The Labute approximate surface area is 113 Å². The lowest BCUT2D eigenvalue weighted by molar-refractivity contribution is 0.0653. The van der Waals surface area contributed by atoms with Crippen molar-refractivity contribution >= 4 is 5.91 Å². The largest absolute Gasteiger partial charge is 0.396 e. The number of aliphatic hydroxyl groups excluding tert-OH is 1. The highest BCUT2D eigenvalue weighted by atomic mass is 19.1. The van der Waals surface area contributed by atoms with Gasteiger partial charge in [-0.3, -0.25) is 4.79 Å². The summed E-state index contributed by atoms with van der Waals surface area (Å²) in [5.41, 5.74) is 1.18. The number of piperidine rings is 1. The lowest BCUT2D eigenvalue weighted by atomic mass is 9.94. The summed E-state index contributed by atoms with van der Waals surface area (Å²) in [4.78, 5) is 14.1. The maximum atomic E-state index is 13.3. The molecule has 0 spiro atoms. The van der Waals surface area contributed by atoms with Crippen molar-refractivity contribution in [1.29, 1.82) is 0 Å². The van der Waals surface area contributed by atoms with Gasteiger partial charge in [0, 0.05) is 25.3 Å². The van der Waals surface area contributed by atoms with Gasteiger partial charge in [-0.15, -0.1) is 0 Å². The number of aliphatic hydroxyl groups is 1. The molecule has 0 aromatic heterocycles. The van der Waals surface area contributed by atoms with Crippen LogP contribution in [0.3, 0.4) is 0 Å². The van der Waals surface area contributed by atoms with Gasteiger partial charge in [0.05, 0.1) is 0 Å². The van der Waals surface area contributed by atoms with Crippen LogP contribution in [0.5, 0.6) is 0 Å². The molecule has 1 atom stereocenters. The van der Waals surface area contributed by atoms with Gasteiger partial charge in [-0.25, -0.2) is 4.39 Å². The third kappa shape index (κ3) is 3.53. The van der Waals surface area contributed by atoms with Gasteiger partial charge in [0.15, 0.2) is 0 Å². The minimum Gasteiger partial charge on any atom is -0.396 e. The maximum absolute atomic E-state index is 13.3. The molecule has 1 aliphatic rings. The monoisotopic (exact) mass is 265 g/mol. The van der Waals surface area contributed by atoms with Crippen molar-refractivity contribution in [2.45, 2.75) is 26.2 Å². The van der Waals surface area contributed by atoms with E-state index in [4.69, 9.17) is 5.11 Å². The van der Waals surface area contributed by atoms with Crippen LogP contribution in [0.25, 0.3) is 0 Å². The third-order valence-corrected chi connectivity index (χ3v) is 3.63. The average Bonchev–Trinajstić information content (AvgIpc) is 2.37. The second-order valence-corrected chi connectivity index (χ2v) is 5.29. The normalized spacial score (nSPS) is 19.5. The van der Waals surface area contributed by atoms with Crippen LogP contribution in [-0.4, -0.2) is 35.6 Å². The molecule has 1 aliphatic heterocycles. The molecule has 1 amide bonds. The quantitative estimate of drug-likeness (QED) is 0.911. The highest BCUT2D eigenvalue weighted by molar-refractivity contribution is 5.94. The Morgan fingerprint density at radius 2 is 2.26 bits per heavy atom. The van der Waals surface area contributed by atoms with Gasteiger partial charge in [-0.2, -0.15) is 0 Å². The second-order valence-electron chi connectivity index (χ2n) is 5.29. The Kier molecular flexibility index (Phi) is 4.53. The summed E-state index contributed by atoms with van der Waals surface area (Å²) in [6.07, 6.45) is 2.73. The zero-order valence-corrected chi connectivity index (χ0v) is 11.2. The average molecular weight is 265 g/mol. The van der Waals surface area contributed by atoms with E-state index in [0.717, 1.165) is 31.4 Å². The van der Waals surface area contributed by atoms with Crippen LogP contribution < -0.4 is 0 Å². The maximum Gasteiger partial charge on any atom is 0.253 e. The van der Waals surface area contributed by atoms with E-state index in [2.05, 4.69) is 0 Å². The van der Waals surface area contributed by atoms with Crippen molar-refractivity contribution < 1.29 is 14.3 Å². The number of carbonyl (C=O) groups is 1. The first kappa shape index (κ1) is 14.0. The van der Waals surface area contributed by atoms with Gasteiger partial charge in [-0.1, -0.05) is 0 Å². The summed E-state index contributed by atoms with van der Waals surface area (Å²) in [5.74, 6) is -0.116. The molecule has 1 unspecified atom stereocenters. The molecule has 4 heteroatoms. The van der Waals surface area contributed by atoms with Crippen LogP contribution >= 0.6 is 0 Å². The molecule has 1 aromatic carbocycles.